The Morgan fingerprint density at radius 3 is 2.33 bits per heavy atom. The number of rotatable bonds is 5. The van der Waals surface area contributed by atoms with Gasteiger partial charge < -0.3 is 5.73 Å². The minimum absolute atomic E-state index is 0.536. The van der Waals surface area contributed by atoms with Crippen LogP contribution in [0, 0.1) is 12.8 Å². The van der Waals surface area contributed by atoms with Gasteiger partial charge in [0.1, 0.15) is 0 Å². The highest BCUT2D eigenvalue weighted by Crippen LogP contribution is 2.24. The van der Waals surface area contributed by atoms with Crippen molar-refractivity contribution in [3.8, 4) is 0 Å². The molecule has 1 atom stereocenters. The van der Waals surface area contributed by atoms with Crippen LogP contribution in [0.25, 0.3) is 0 Å². The van der Waals surface area contributed by atoms with E-state index in [4.69, 9.17) is 5.73 Å². The predicted molar refractivity (Wildman–Crippen MR) is 67.0 cm³/mol. The van der Waals surface area contributed by atoms with E-state index in [0.29, 0.717) is 5.92 Å². The average molecular weight is 205 g/mol. The summed E-state index contributed by atoms with van der Waals surface area (Å²) >= 11 is 0. The third-order valence-electron chi connectivity index (χ3n) is 3.01. The zero-order valence-electron chi connectivity index (χ0n) is 10.2. The molecule has 0 bridgehead atoms. The zero-order valence-corrected chi connectivity index (χ0v) is 10.2. The van der Waals surface area contributed by atoms with Crippen molar-refractivity contribution in [2.24, 2.45) is 11.7 Å². The molecule has 1 aromatic rings. The van der Waals surface area contributed by atoms with Crippen LogP contribution in [0.4, 0.5) is 0 Å². The molecule has 0 aromatic heterocycles. The molecule has 0 aliphatic heterocycles. The van der Waals surface area contributed by atoms with Gasteiger partial charge in [-0.05, 0) is 42.9 Å². The van der Waals surface area contributed by atoms with Gasteiger partial charge >= 0.3 is 0 Å². The number of hydrogen-bond donors (Lipinski definition) is 1. The average Bonchev–Trinajstić information content (AvgIpc) is 2.21. The van der Waals surface area contributed by atoms with Crippen molar-refractivity contribution in [2.75, 3.05) is 6.54 Å². The van der Waals surface area contributed by atoms with Crippen molar-refractivity contribution in [1.29, 1.82) is 0 Å². The predicted octanol–water partition coefficient (Wildman–Crippen LogP) is 3.47. The number of aryl methyl sites for hydroxylation is 1. The summed E-state index contributed by atoms with van der Waals surface area (Å²) in [6, 6.07) is 8.59. The molecule has 84 valence electrons. The lowest BCUT2D eigenvalue weighted by molar-refractivity contribution is 0.502. The van der Waals surface area contributed by atoms with Crippen molar-refractivity contribution in [3.63, 3.8) is 0 Å². The van der Waals surface area contributed by atoms with E-state index in [0.717, 1.165) is 12.5 Å². The Bertz CT molecular complexity index is 291. The molecule has 1 nitrogen and oxygen atoms in total. The van der Waals surface area contributed by atoms with Gasteiger partial charge in [-0.2, -0.15) is 0 Å². The number of benzene rings is 1. The highest BCUT2D eigenvalue weighted by Gasteiger charge is 2.11. The first kappa shape index (κ1) is 12.3. The van der Waals surface area contributed by atoms with Gasteiger partial charge in [0.25, 0.3) is 0 Å². The summed E-state index contributed by atoms with van der Waals surface area (Å²) in [5, 5.41) is 0. The number of nitrogens with two attached hydrogens (primary N) is 1. The molecule has 0 radical (unpaired) electrons. The van der Waals surface area contributed by atoms with Crippen LogP contribution in [0.3, 0.4) is 0 Å². The lowest BCUT2D eigenvalue weighted by Crippen LogP contribution is -2.14. The Morgan fingerprint density at radius 1 is 1.13 bits per heavy atom. The quantitative estimate of drug-likeness (QED) is 0.782. The van der Waals surface area contributed by atoms with Crippen LogP contribution < -0.4 is 5.73 Å². The Kier molecular flexibility index (Phi) is 4.83. The third kappa shape index (κ3) is 3.67. The molecule has 2 N–H and O–H groups in total. The summed E-state index contributed by atoms with van der Waals surface area (Å²) in [6.45, 7) is 7.47. The van der Waals surface area contributed by atoms with Gasteiger partial charge in [0.15, 0.2) is 0 Å². The van der Waals surface area contributed by atoms with Crippen molar-refractivity contribution in [2.45, 2.75) is 39.5 Å². The molecule has 1 aromatic carbocycles. The van der Waals surface area contributed by atoms with E-state index < -0.39 is 0 Å². The van der Waals surface area contributed by atoms with E-state index in [2.05, 4.69) is 45.0 Å². The Balaban J connectivity index is 2.70. The summed E-state index contributed by atoms with van der Waals surface area (Å²) in [5.41, 5.74) is 8.66. The Labute approximate surface area is 93.7 Å². The second kappa shape index (κ2) is 5.92. The standard InChI is InChI=1S/C14H23N/c1-11(2)8-9-13(10-15)14-7-5-4-6-12(14)3/h4-7,11,13H,8-10,15H2,1-3H3. The molecule has 0 heterocycles. The SMILES string of the molecule is Cc1ccccc1C(CN)CCC(C)C. The van der Waals surface area contributed by atoms with Crippen LogP contribution in [0.5, 0.6) is 0 Å². The maximum Gasteiger partial charge on any atom is -0.000813 e. The van der Waals surface area contributed by atoms with E-state index in [-0.39, 0.29) is 0 Å². The molecule has 0 aliphatic carbocycles. The Morgan fingerprint density at radius 2 is 1.80 bits per heavy atom. The van der Waals surface area contributed by atoms with E-state index in [1.165, 1.54) is 24.0 Å². The second-order valence-corrected chi connectivity index (χ2v) is 4.76. The molecule has 15 heavy (non-hydrogen) atoms. The van der Waals surface area contributed by atoms with Crippen LogP contribution in [0.15, 0.2) is 24.3 Å². The van der Waals surface area contributed by atoms with Crippen molar-refractivity contribution in [3.05, 3.63) is 35.4 Å². The molecule has 1 unspecified atom stereocenters. The van der Waals surface area contributed by atoms with E-state index >= 15 is 0 Å². The fourth-order valence-electron chi connectivity index (χ4n) is 1.98. The maximum atomic E-state index is 5.86. The van der Waals surface area contributed by atoms with Gasteiger partial charge in [0.05, 0.1) is 0 Å². The number of hydrogen-bond acceptors (Lipinski definition) is 1. The molecule has 0 saturated heterocycles. The minimum atomic E-state index is 0.536. The molecular weight excluding hydrogens is 182 g/mol. The van der Waals surface area contributed by atoms with Crippen LogP contribution in [0.1, 0.15) is 43.7 Å². The monoisotopic (exact) mass is 205 g/mol. The van der Waals surface area contributed by atoms with Crippen LogP contribution in [0.2, 0.25) is 0 Å². The van der Waals surface area contributed by atoms with Gasteiger partial charge in [-0.1, -0.05) is 44.5 Å². The van der Waals surface area contributed by atoms with Gasteiger partial charge in [0, 0.05) is 0 Å². The summed E-state index contributed by atoms with van der Waals surface area (Å²) in [5.74, 6) is 1.30. The minimum Gasteiger partial charge on any atom is -0.330 e. The van der Waals surface area contributed by atoms with Crippen LogP contribution in [-0.2, 0) is 0 Å². The van der Waals surface area contributed by atoms with E-state index in [9.17, 15) is 0 Å². The summed E-state index contributed by atoms with van der Waals surface area (Å²) < 4.78 is 0. The molecule has 0 fully saturated rings. The lowest BCUT2D eigenvalue weighted by Gasteiger charge is -2.18. The van der Waals surface area contributed by atoms with Crippen molar-refractivity contribution >= 4 is 0 Å². The van der Waals surface area contributed by atoms with Gasteiger partial charge in [-0.15, -0.1) is 0 Å². The summed E-state index contributed by atoms with van der Waals surface area (Å²) in [4.78, 5) is 0. The first-order chi connectivity index (χ1) is 7.15. The smallest absolute Gasteiger partial charge is 0.000813 e. The largest absolute Gasteiger partial charge is 0.330 e. The third-order valence-corrected chi connectivity index (χ3v) is 3.01. The van der Waals surface area contributed by atoms with Crippen LogP contribution >= 0.6 is 0 Å². The molecular formula is C14H23N. The zero-order chi connectivity index (χ0) is 11.3. The Hall–Kier alpha value is -0.820. The van der Waals surface area contributed by atoms with E-state index in [1.807, 2.05) is 0 Å². The van der Waals surface area contributed by atoms with E-state index in [1.54, 1.807) is 0 Å². The van der Waals surface area contributed by atoms with Crippen molar-refractivity contribution < 1.29 is 0 Å². The highest BCUT2D eigenvalue weighted by molar-refractivity contribution is 5.29. The second-order valence-electron chi connectivity index (χ2n) is 4.76. The maximum absolute atomic E-state index is 5.86. The van der Waals surface area contributed by atoms with Crippen molar-refractivity contribution in [1.82, 2.24) is 0 Å². The molecule has 0 saturated carbocycles. The fraction of sp³-hybridized carbons (Fsp3) is 0.571. The van der Waals surface area contributed by atoms with Gasteiger partial charge in [0.2, 0.25) is 0 Å². The fourth-order valence-corrected chi connectivity index (χ4v) is 1.98. The molecule has 1 rings (SSSR count). The van der Waals surface area contributed by atoms with Gasteiger partial charge in [-0.3, -0.25) is 0 Å². The molecule has 1 heteroatoms. The lowest BCUT2D eigenvalue weighted by atomic mass is 9.89. The molecule has 0 spiro atoms. The van der Waals surface area contributed by atoms with Gasteiger partial charge in [-0.25, -0.2) is 0 Å². The van der Waals surface area contributed by atoms with Crippen LogP contribution in [-0.4, -0.2) is 6.54 Å². The normalized spacial score (nSPS) is 13.1. The molecule has 0 amide bonds. The summed E-state index contributed by atoms with van der Waals surface area (Å²) in [6.07, 6.45) is 2.47. The molecule has 0 aliphatic rings. The summed E-state index contributed by atoms with van der Waals surface area (Å²) in [7, 11) is 0. The first-order valence-electron chi connectivity index (χ1n) is 5.90. The topological polar surface area (TPSA) is 26.0 Å². The first-order valence-corrected chi connectivity index (χ1v) is 5.90. The highest BCUT2D eigenvalue weighted by atomic mass is 14.5.